The van der Waals surface area contributed by atoms with E-state index in [4.69, 9.17) is 0 Å². The molecule has 0 spiro atoms. The summed E-state index contributed by atoms with van der Waals surface area (Å²) < 4.78 is 2.20. The van der Waals surface area contributed by atoms with Crippen LogP contribution in [0.4, 0.5) is 0 Å². The van der Waals surface area contributed by atoms with Gasteiger partial charge < -0.3 is 0 Å². The van der Waals surface area contributed by atoms with Crippen LogP contribution in [0.5, 0.6) is 0 Å². The molecule has 1 aromatic heterocycles. The molecule has 2 aromatic rings. The number of aromatic nitrogens is 2. The summed E-state index contributed by atoms with van der Waals surface area (Å²) >= 11 is 3.25. The number of rotatable bonds is 2. The third-order valence-electron chi connectivity index (χ3n) is 2.25. The van der Waals surface area contributed by atoms with Crippen molar-refractivity contribution in [3.8, 4) is 0 Å². The second kappa shape index (κ2) is 4.06. The first kappa shape index (κ1) is 10.2. The van der Waals surface area contributed by atoms with Gasteiger partial charge in [0, 0.05) is 5.69 Å². The van der Waals surface area contributed by atoms with Crippen molar-refractivity contribution < 1.29 is 0 Å². The molecule has 0 amide bonds. The Kier molecular flexibility index (Phi) is 2.77. The molecule has 0 fully saturated rings. The van der Waals surface area contributed by atoms with E-state index in [-0.39, 0.29) is 5.56 Å². The number of hydrogen-bond acceptors (Lipinski definition) is 1. The van der Waals surface area contributed by atoms with Crippen LogP contribution in [0.15, 0.2) is 39.6 Å². The van der Waals surface area contributed by atoms with Crippen molar-refractivity contribution in [3.63, 3.8) is 0 Å². The normalized spacial score (nSPS) is 10.5. The van der Waals surface area contributed by atoms with Gasteiger partial charge in [-0.1, -0.05) is 30.3 Å². The van der Waals surface area contributed by atoms with E-state index in [9.17, 15) is 4.79 Å². The smallest absolute Gasteiger partial charge is 0.281 e. The largest absolute Gasteiger partial charge is 0.299 e. The maximum Gasteiger partial charge on any atom is 0.281 e. The molecule has 2 rings (SSSR count). The van der Waals surface area contributed by atoms with Crippen LogP contribution in [0, 0.1) is 6.92 Å². The van der Waals surface area contributed by atoms with Gasteiger partial charge in [-0.2, -0.15) is 0 Å². The zero-order valence-corrected chi connectivity index (χ0v) is 9.91. The number of aryl methyl sites for hydroxylation is 1. The highest BCUT2D eigenvalue weighted by Crippen LogP contribution is 2.08. The van der Waals surface area contributed by atoms with Gasteiger partial charge in [0.05, 0.1) is 6.54 Å². The first-order valence-corrected chi connectivity index (χ1v) is 5.46. The standard InChI is InChI=1S/C11H11BrN2O/c1-8-10(12)11(15)14(13-8)7-9-5-3-2-4-6-9/h2-6,13H,7H2,1H3. The molecule has 0 radical (unpaired) electrons. The number of H-pyrrole nitrogens is 1. The van der Waals surface area contributed by atoms with Gasteiger partial charge in [0.2, 0.25) is 0 Å². The fraction of sp³-hybridized carbons (Fsp3) is 0.182. The molecule has 0 aliphatic rings. The Morgan fingerprint density at radius 1 is 1.33 bits per heavy atom. The van der Waals surface area contributed by atoms with E-state index in [1.165, 1.54) is 0 Å². The number of halogens is 1. The second-order valence-electron chi connectivity index (χ2n) is 3.43. The highest BCUT2D eigenvalue weighted by Gasteiger charge is 2.07. The minimum absolute atomic E-state index is 0.0173. The van der Waals surface area contributed by atoms with Crippen LogP contribution in [0.3, 0.4) is 0 Å². The van der Waals surface area contributed by atoms with Gasteiger partial charge in [0.15, 0.2) is 0 Å². The van der Waals surface area contributed by atoms with Crippen LogP contribution in [0.2, 0.25) is 0 Å². The summed E-state index contributed by atoms with van der Waals surface area (Å²) in [5.74, 6) is 0. The number of nitrogens with one attached hydrogen (secondary N) is 1. The summed E-state index contributed by atoms with van der Waals surface area (Å²) in [6.07, 6.45) is 0. The lowest BCUT2D eigenvalue weighted by Gasteiger charge is -2.01. The van der Waals surface area contributed by atoms with Crippen molar-refractivity contribution in [2.45, 2.75) is 13.5 Å². The molecule has 0 unspecified atom stereocenters. The number of benzene rings is 1. The van der Waals surface area contributed by atoms with Gasteiger partial charge in [-0.25, -0.2) is 4.68 Å². The van der Waals surface area contributed by atoms with Crippen LogP contribution < -0.4 is 5.56 Å². The molecule has 1 N–H and O–H groups in total. The van der Waals surface area contributed by atoms with Crippen LogP contribution in [-0.4, -0.2) is 9.78 Å². The summed E-state index contributed by atoms with van der Waals surface area (Å²) in [7, 11) is 0. The van der Waals surface area contributed by atoms with Gasteiger partial charge >= 0.3 is 0 Å². The van der Waals surface area contributed by atoms with Crippen LogP contribution in [0.25, 0.3) is 0 Å². The fourth-order valence-electron chi connectivity index (χ4n) is 1.46. The number of aromatic amines is 1. The quantitative estimate of drug-likeness (QED) is 0.890. The van der Waals surface area contributed by atoms with Gasteiger partial charge in [0.1, 0.15) is 4.47 Å². The van der Waals surface area contributed by atoms with Gasteiger partial charge in [-0.3, -0.25) is 9.89 Å². The van der Waals surface area contributed by atoms with Crippen molar-refractivity contribution in [2.75, 3.05) is 0 Å². The maximum atomic E-state index is 11.7. The maximum absolute atomic E-state index is 11.7. The Balaban J connectivity index is 2.33. The predicted molar refractivity (Wildman–Crippen MR) is 63.0 cm³/mol. The Labute approximate surface area is 95.9 Å². The third kappa shape index (κ3) is 2.04. The Morgan fingerprint density at radius 3 is 2.53 bits per heavy atom. The molecule has 15 heavy (non-hydrogen) atoms. The Morgan fingerprint density at radius 2 is 2.00 bits per heavy atom. The van der Waals surface area contributed by atoms with E-state index < -0.39 is 0 Å². The Hall–Kier alpha value is -1.29. The summed E-state index contributed by atoms with van der Waals surface area (Å²) in [4.78, 5) is 11.7. The van der Waals surface area contributed by atoms with E-state index in [1.807, 2.05) is 37.3 Å². The molecule has 78 valence electrons. The average Bonchev–Trinajstić information content (AvgIpc) is 2.48. The van der Waals surface area contributed by atoms with E-state index in [1.54, 1.807) is 4.68 Å². The van der Waals surface area contributed by atoms with E-state index >= 15 is 0 Å². The molecule has 0 atom stereocenters. The predicted octanol–water partition coefficient (Wildman–Crippen LogP) is 2.30. The molecule has 0 bridgehead atoms. The lowest BCUT2D eigenvalue weighted by Crippen LogP contribution is -2.17. The molecule has 1 aromatic carbocycles. The highest BCUT2D eigenvalue weighted by atomic mass is 79.9. The summed E-state index contributed by atoms with van der Waals surface area (Å²) in [6, 6.07) is 9.88. The number of hydrogen-bond donors (Lipinski definition) is 1. The molecule has 0 aliphatic carbocycles. The molecule has 0 aliphatic heterocycles. The van der Waals surface area contributed by atoms with Crippen molar-refractivity contribution in [1.29, 1.82) is 0 Å². The van der Waals surface area contributed by atoms with Crippen LogP contribution >= 0.6 is 15.9 Å². The van der Waals surface area contributed by atoms with Gasteiger partial charge in [-0.05, 0) is 28.4 Å². The third-order valence-corrected chi connectivity index (χ3v) is 3.18. The van der Waals surface area contributed by atoms with Crippen LogP contribution in [-0.2, 0) is 6.54 Å². The minimum Gasteiger partial charge on any atom is -0.299 e. The zero-order valence-electron chi connectivity index (χ0n) is 8.33. The monoisotopic (exact) mass is 266 g/mol. The molecular weight excluding hydrogens is 256 g/mol. The molecule has 0 saturated heterocycles. The van der Waals surface area contributed by atoms with E-state index in [2.05, 4.69) is 21.0 Å². The topological polar surface area (TPSA) is 37.8 Å². The lowest BCUT2D eigenvalue weighted by molar-refractivity contribution is 0.657. The molecule has 4 heteroatoms. The molecule has 3 nitrogen and oxygen atoms in total. The van der Waals surface area contributed by atoms with E-state index in [0.29, 0.717) is 11.0 Å². The summed E-state index contributed by atoms with van der Waals surface area (Å²) in [6.45, 7) is 2.44. The molecule has 0 saturated carbocycles. The highest BCUT2D eigenvalue weighted by molar-refractivity contribution is 9.10. The van der Waals surface area contributed by atoms with Crippen molar-refractivity contribution >= 4 is 15.9 Å². The molecule has 1 heterocycles. The Bertz CT molecular complexity index is 513. The van der Waals surface area contributed by atoms with Crippen molar-refractivity contribution in [3.05, 3.63) is 56.4 Å². The van der Waals surface area contributed by atoms with Gasteiger partial charge in [-0.15, -0.1) is 0 Å². The number of nitrogens with zero attached hydrogens (tertiary/aromatic N) is 1. The van der Waals surface area contributed by atoms with Crippen molar-refractivity contribution in [1.82, 2.24) is 9.78 Å². The average molecular weight is 267 g/mol. The lowest BCUT2D eigenvalue weighted by atomic mass is 10.2. The SMILES string of the molecule is Cc1[nH]n(Cc2ccccc2)c(=O)c1Br. The zero-order chi connectivity index (χ0) is 10.8. The minimum atomic E-state index is -0.0173. The summed E-state index contributed by atoms with van der Waals surface area (Å²) in [5, 5.41) is 3.02. The van der Waals surface area contributed by atoms with E-state index in [0.717, 1.165) is 11.3 Å². The summed E-state index contributed by atoms with van der Waals surface area (Å²) in [5.41, 5.74) is 1.95. The van der Waals surface area contributed by atoms with Crippen molar-refractivity contribution in [2.24, 2.45) is 0 Å². The first-order chi connectivity index (χ1) is 7.18. The second-order valence-corrected chi connectivity index (χ2v) is 4.22. The molecular formula is C11H11BrN2O. The van der Waals surface area contributed by atoms with Gasteiger partial charge in [0.25, 0.3) is 5.56 Å². The van der Waals surface area contributed by atoms with Crippen LogP contribution in [0.1, 0.15) is 11.3 Å². The fourth-order valence-corrected chi connectivity index (χ4v) is 1.76. The first-order valence-electron chi connectivity index (χ1n) is 4.67.